The van der Waals surface area contributed by atoms with Crippen LogP contribution in [0.15, 0.2) is 71.3 Å². The van der Waals surface area contributed by atoms with E-state index in [1.165, 1.54) is 9.31 Å². The summed E-state index contributed by atoms with van der Waals surface area (Å²) in [5.41, 5.74) is 4.93. The zero-order chi connectivity index (χ0) is 22.0. The van der Waals surface area contributed by atoms with Crippen LogP contribution in [0.1, 0.15) is 12.0 Å². The van der Waals surface area contributed by atoms with Gasteiger partial charge in [-0.2, -0.15) is 4.31 Å². The summed E-state index contributed by atoms with van der Waals surface area (Å²) in [5.74, 6) is -0.400. The number of carbonyl (C=O) groups is 2. The molecule has 1 fully saturated rings. The van der Waals surface area contributed by atoms with Gasteiger partial charge in [-0.3, -0.25) is 15.0 Å². The minimum Gasteiger partial charge on any atom is -0.335 e. The van der Waals surface area contributed by atoms with Crippen LogP contribution in [0.25, 0.3) is 0 Å². The molecule has 2 aromatic rings. The Morgan fingerprint density at radius 2 is 1.68 bits per heavy atom. The lowest BCUT2D eigenvalue weighted by Gasteiger charge is -2.36. The summed E-state index contributed by atoms with van der Waals surface area (Å²) < 4.78 is 27.0. The smallest absolute Gasteiger partial charge is 0.271 e. The molecular formula is C22H24N4O4S. The molecule has 2 amide bonds. The van der Waals surface area contributed by atoms with Crippen molar-refractivity contribution >= 4 is 27.5 Å². The number of nitrogens with zero attached hydrogens (tertiary/aromatic N) is 3. The standard InChI is InChI=1S/C22H24N4O4S/c1-17-6-5-7-18(16-17)26-21(27)11-10-20(23-26)22(28)24-12-14-25(15-13-24)31(29,30)19-8-3-2-4-9-19/h2-10,16,23H,11-15H2,1H3. The summed E-state index contributed by atoms with van der Waals surface area (Å²) in [6, 6.07) is 15.7. The second kappa shape index (κ2) is 8.52. The first-order valence-electron chi connectivity index (χ1n) is 10.1. The van der Waals surface area contributed by atoms with Crippen molar-refractivity contribution in [2.75, 3.05) is 31.2 Å². The van der Waals surface area contributed by atoms with Crippen molar-refractivity contribution in [2.45, 2.75) is 18.2 Å². The summed E-state index contributed by atoms with van der Waals surface area (Å²) in [4.78, 5) is 27.2. The van der Waals surface area contributed by atoms with E-state index in [2.05, 4.69) is 5.43 Å². The Labute approximate surface area is 181 Å². The summed E-state index contributed by atoms with van der Waals surface area (Å²) in [6.07, 6.45) is 1.70. The highest BCUT2D eigenvalue weighted by Crippen LogP contribution is 2.21. The molecule has 0 aromatic heterocycles. The number of piperazine rings is 1. The van der Waals surface area contributed by atoms with Gasteiger partial charge in [0.25, 0.3) is 5.91 Å². The van der Waals surface area contributed by atoms with Crippen molar-refractivity contribution in [3.8, 4) is 0 Å². The predicted octanol–water partition coefficient (Wildman–Crippen LogP) is 1.65. The highest BCUT2D eigenvalue weighted by atomic mass is 32.2. The normalized spacial score (nSPS) is 17.8. The number of sulfonamides is 1. The van der Waals surface area contributed by atoms with Crippen molar-refractivity contribution in [3.63, 3.8) is 0 Å². The number of hydrogen-bond donors (Lipinski definition) is 1. The second-order valence-corrected chi connectivity index (χ2v) is 9.45. The van der Waals surface area contributed by atoms with Crippen molar-refractivity contribution < 1.29 is 18.0 Å². The molecule has 31 heavy (non-hydrogen) atoms. The minimum atomic E-state index is -3.58. The molecule has 0 unspecified atom stereocenters. The molecule has 2 heterocycles. The van der Waals surface area contributed by atoms with Gasteiger partial charge < -0.3 is 4.90 Å². The highest BCUT2D eigenvalue weighted by molar-refractivity contribution is 7.89. The van der Waals surface area contributed by atoms with Crippen LogP contribution in [0.3, 0.4) is 0 Å². The third-order valence-electron chi connectivity index (χ3n) is 5.36. The van der Waals surface area contributed by atoms with Gasteiger partial charge in [0.05, 0.1) is 10.6 Å². The molecule has 0 bridgehead atoms. The molecule has 162 valence electrons. The van der Waals surface area contributed by atoms with Gasteiger partial charge in [0.2, 0.25) is 15.9 Å². The monoisotopic (exact) mass is 440 g/mol. The average molecular weight is 441 g/mol. The highest BCUT2D eigenvalue weighted by Gasteiger charge is 2.32. The van der Waals surface area contributed by atoms with Crippen LogP contribution in [0.5, 0.6) is 0 Å². The van der Waals surface area contributed by atoms with Crippen LogP contribution in [0, 0.1) is 6.92 Å². The van der Waals surface area contributed by atoms with Gasteiger partial charge in [-0.1, -0.05) is 30.3 Å². The summed E-state index contributed by atoms with van der Waals surface area (Å²) >= 11 is 0. The number of aryl methyl sites for hydroxylation is 1. The van der Waals surface area contributed by atoms with E-state index in [9.17, 15) is 18.0 Å². The number of nitrogens with one attached hydrogen (secondary N) is 1. The van der Waals surface area contributed by atoms with E-state index in [0.717, 1.165) is 5.56 Å². The molecular weight excluding hydrogens is 416 g/mol. The molecule has 9 heteroatoms. The number of hydrazine groups is 1. The maximum Gasteiger partial charge on any atom is 0.271 e. The molecule has 1 saturated heterocycles. The van der Waals surface area contributed by atoms with E-state index in [0.29, 0.717) is 11.4 Å². The number of amides is 2. The Balaban J connectivity index is 1.42. The number of hydrogen-bond acceptors (Lipinski definition) is 5. The van der Waals surface area contributed by atoms with Crippen LogP contribution < -0.4 is 10.4 Å². The largest absolute Gasteiger partial charge is 0.335 e. The lowest BCUT2D eigenvalue weighted by molar-refractivity contribution is -0.129. The van der Waals surface area contributed by atoms with Crippen LogP contribution in [0.2, 0.25) is 0 Å². The minimum absolute atomic E-state index is 0.115. The molecule has 4 rings (SSSR count). The van der Waals surface area contributed by atoms with Gasteiger partial charge in [0, 0.05) is 32.6 Å². The fraction of sp³-hybridized carbons (Fsp3) is 0.273. The lowest BCUT2D eigenvalue weighted by atomic mass is 10.2. The number of carbonyl (C=O) groups excluding carboxylic acids is 2. The first kappa shape index (κ1) is 21.1. The predicted molar refractivity (Wildman–Crippen MR) is 116 cm³/mol. The first-order chi connectivity index (χ1) is 14.9. The molecule has 0 radical (unpaired) electrons. The van der Waals surface area contributed by atoms with Crippen LogP contribution in [0.4, 0.5) is 5.69 Å². The van der Waals surface area contributed by atoms with E-state index < -0.39 is 10.0 Å². The molecule has 2 aliphatic rings. The molecule has 2 aliphatic heterocycles. The number of anilines is 1. The van der Waals surface area contributed by atoms with Crippen LogP contribution in [-0.4, -0.2) is 55.6 Å². The Bertz CT molecular complexity index is 1120. The zero-order valence-electron chi connectivity index (χ0n) is 17.2. The third kappa shape index (κ3) is 4.33. The Kier molecular flexibility index (Phi) is 5.79. The van der Waals surface area contributed by atoms with Gasteiger partial charge in [0.1, 0.15) is 5.70 Å². The summed E-state index contributed by atoms with van der Waals surface area (Å²) in [5, 5.41) is 1.39. The lowest BCUT2D eigenvalue weighted by Crippen LogP contribution is -2.54. The fourth-order valence-electron chi connectivity index (χ4n) is 3.66. The van der Waals surface area contributed by atoms with E-state index >= 15 is 0 Å². The fourth-order valence-corrected chi connectivity index (χ4v) is 5.11. The first-order valence-corrected chi connectivity index (χ1v) is 11.5. The van der Waals surface area contributed by atoms with Crippen LogP contribution in [-0.2, 0) is 19.6 Å². The van der Waals surface area contributed by atoms with Crippen molar-refractivity contribution in [2.24, 2.45) is 0 Å². The van der Waals surface area contributed by atoms with E-state index in [1.807, 2.05) is 25.1 Å². The van der Waals surface area contributed by atoms with Gasteiger partial charge in [0.15, 0.2) is 0 Å². The number of benzene rings is 2. The Hall–Kier alpha value is -3.17. The quantitative estimate of drug-likeness (QED) is 0.781. The maximum atomic E-state index is 13.0. The molecule has 0 atom stereocenters. The number of rotatable bonds is 4. The van der Waals surface area contributed by atoms with E-state index in [1.54, 1.807) is 47.4 Å². The molecule has 2 aromatic carbocycles. The second-order valence-electron chi connectivity index (χ2n) is 7.51. The van der Waals surface area contributed by atoms with Gasteiger partial charge in [-0.05, 0) is 42.8 Å². The Morgan fingerprint density at radius 1 is 0.968 bits per heavy atom. The van der Waals surface area contributed by atoms with E-state index in [-0.39, 0.29) is 49.3 Å². The molecule has 1 N–H and O–H groups in total. The maximum absolute atomic E-state index is 13.0. The van der Waals surface area contributed by atoms with Gasteiger partial charge in [-0.25, -0.2) is 13.4 Å². The topological polar surface area (TPSA) is 90.0 Å². The van der Waals surface area contributed by atoms with E-state index in [4.69, 9.17) is 0 Å². The molecule has 0 saturated carbocycles. The summed E-state index contributed by atoms with van der Waals surface area (Å²) in [6.45, 7) is 2.93. The summed E-state index contributed by atoms with van der Waals surface area (Å²) in [7, 11) is -3.58. The van der Waals surface area contributed by atoms with Crippen molar-refractivity contribution in [3.05, 3.63) is 71.9 Å². The zero-order valence-corrected chi connectivity index (χ0v) is 18.0. The van der Waals surface area contributed by atoms with Crippen molar-refractivity contribution in [1.29, 1.82) is 0 Å². The molecule has 0 aliphatic carbocycles. The molecule has 0 spiro atoms. The van der Waals surface area contributed by atoms with Gasteiger partial charge >= 0.3 is 0 Å². The molecule has 8 nitrogen and oxygen atoms in total. The Morgan fingerprint density at radius 3 is 2.35 bits per heavy atom. The van der Waals surface area contributed by atoms with Crippen LogP contribution >= 0.6 is 0 Å². The SMILES string of the molecule is Cc1cccc(N2NC(C(=O)N3CCN(S(=O)(=O)c4ccccc4)CC3)=CCC2=O)c1. The average Bonchev–Trinajstić information content (AvgIpc) is 2.79. The third-order valence-corrected chi connectivity index (χ3v) is 7.27. The van der Waals surface area contributed by atoms with Gasteiger partial charge in [-0.15, -0.1) is 0 Å². The van der Waals surface area contributed by atoms with Crippen molar-refractivity contribution in [1.82, 2.24) is 14.6 Å².